The molecule has 0 atom stereocenters. The predicted molar refractivity (Wildman–Crippen MR) is 81.6 cm³/mol. The van der Waals surface area contributed by atoms with Gasteiger partial charge in [0.1, 0.15) is 0 Å². The molecular weight excluding hydrogens is 274 g/mol. The average molecular weight is 294 g/mol. The van der Waals surface area contributed by atoms with Crippen LogP contribution in [0.3, 0.4) is 0 Å². The number of aryl methyl sites for hydroxylation is 2. The van der Waals surface area contributed by atoms with Crippen molar-refractivity contribution in [2.24, 2.45) is 0 Å². The molecule has 4 nitrogen and oxygen atoms in total. The Hall–Kier alpha value is -1.36. The molecule has 2 aromatic rings. The van der Waals surface area contributed by atoms with E-state index >= 15 is 0 Å². The second-order valence-corrected chi connectivity index (χ2v) is 5.20. The fourth-order valence-corrected chi connectivity index (χ4v) is 2.40. The third kappa shape index (κ3) is 3.60. The van der Waals surface area contributed by atoms with Crippen LogP contribution >= 0.6 is 11.6 Å². The van der Waals surface area contributed by atoms with Crippen LogP contribution in [-0.4, -0.2) is 30.0 Å². The van der Waals surface area contributed by atoms with Crippen LogP contribution in [0.1, 0.15) is 17.0 Å². The summed E-state index contributed by atoms with van der Waals surface area (Å²) in [6.45, 7) is 6.31. The zero-order chi connectivity index (χ0) is 14.5. The first-order valence-electron chi connectivity index (χ1n) is 6.63. The number of halogens is 1. The van der Waals surface area contributed by atoms with Gasteiger partial charge < -0.3 is 10.1 Å². The molecule has 2 rings (SSSR count). The predicted octanol–water partition coefficient (Wildman–Crippen LogP) is 2.88. The Morgan fingerprint density at radius 1 is 1.30 bits per heavy atom. The zero-order valence-electron chi connectivity index (χ0n) is 12.1. The third-order valence-corrected chi connectivity index (χ3v) is 3.36. The topological polar surface area (TPSA) is 39.1 Å². The van der Waals surface area contributed by atoms with Gasteiger partial charge in [-0.15, -0.1) is 0 Å². The molecular formula is C15H20ClN3O. The minimum Gasteiger partial charge on any atom is -0.383 e. The van der Waals surface area contributed by atoms with Crippen molar-refractivity contribution in [3.05, 3.63) is 46.2 Å². The number of ether oxygens (including phenoxy) is 1. The third-order valence-electron chi connectivity index (χ3n) is 3.06. The molecule has 0 radical (unpaired) electrons. The van der Waals surface area contributed by atoms with Gasteiger partial charge in [0, 0.05) is 25.9 Å². The van der Waals surface area contributed by atoms with Gasteiger partial charge in [0.25, 0.3) is 0 Å². The summed E-state index contributed by atoms with van der Waals surface area (Å²) in [4.78, 5) is 0. The number of methoxy groups -OCH3 is 1. The van der Waals surface area contributed by atoms with Gasteiger partial charge in [-0.25, -0.2) is 4.68 Å². The van der Waals surface area contributed by atoms with Crippen molar-refractivity contribution in [1.29, 1.82) is 0 Å². The molecule has 108 valence electrons. The van der Waals surface area contributed by atoms with Crippen molar-refractivity contribution >= 4 is 11.6 Å². The van der Waals surface area contributed by atoms with E-state index in [9.17, 15) is 0 Å². The van der Waals surface area contributed by atoms with E-state index in [0.717, 1.165) is 35.7 Å². The lowest BCUT2D eigenvalue weighted by Gasteiger charge is -2.10. The normalized spacial score (nSPS) is 11.0. The second-order valence-electron chi connectivity index (χ2n) is 4.79. The Bertz CT molecular complexity index is 580. The standard InChI is InChI=1S/C15H20ClN3O/c1-11-8-12(2)19(18-11)15-5-4-13(9-14(15)16)10-17-6-7-20-3/h4-5,8-9,17H,6-7,10H2,1-3H3. The van der Waals surface area contributed by atoms with Gasteiger partial charge in [0.2, 0.25) is 0 Å². The van der Waals surface area contributed by atoms with Gasteiger partial charge in [-0.1, -0.05) is 17.7 Å². The van der Waals surface area contributed by atoms with Crippen LogP contribution in [0.5, 0.6) is 0 Å². The summed E-state index contributed by atoms with van der Waals surface area (Å²) < 4.78 is 6.87. The first-order chi connectivity index (χ1) is 9.61. The number of rotatable bonds is 6. The SMILES string of the molecule is COCCNCc1ccc(-n2nc(C)cc2C)c(Cl)c1. The molecule has 5 heteroatoms. The first-order valence-corrected chi connectivity index (χ1v) is 7.01. The molecule has 0 bridgehead atoms. The maximum atomic E-state index is 6.37. The van der Waals surface area contributed by atoms with Crippen molar-refractivity contribution in [3.8, 4) is 5.69 Å². The fourth-order valence-electron chi connectivity index (χ4n) is 2.11. The van der Waals surface area contributed by atoms with E-state index in [1.54, 1.807) is 7.11 Å². The molecule has 0 unspecified atom stereocenters. The lowest BCUT2D eigenvalue weighted by Crippen LogP contribution is -2.18. The number of hydrogen-bond acceptors (Lipinski definition) is 3. The number of nitrogens with one attached hydrogen (secondary N) is 1. The zero-order valence-corrected chi connectivity index (χ0v) is 12.9. The van der Waals surface area contributed by atoms with Gasteiger partial charge in [0.15, 0.2) is 0 Å². The smallest absolute Gasteiger partial charge is 0.0835 e. The minimum atomic E-state index is 0.706. The highest BCUT2D eigenvalue weighted by Crippen LogP contribution is 2.23. The summed E-state index contributed by atoms with van der Waals surface area (Å²) in [7, 11) is 1.70. The summed E-state index contributed by atoms with van der Waals surface area (Å²) >= 11 is 6.37. The van der Waals surface area contributed by atoms with E-state index in [1.165, 1.54) is 0 Å². The highest BCUT2D eigenvalue weighted by Gasteiger charge is 2.08. The molecule has 1 aromatic carbocycles. The molecule has 0 aliphatic carbocycles. The highest BCUT2D eigenvalue weighted by atomic mass is 35.5. The molecule has 0 aliphatic heterocycles. The van der Waals surface area contributed by atoms with Crippen LogP contribution in [0.15, 0.2) is 24.3 Å². The maximum Gasteiger partial charge on any atom is 0.0835 e. The van der Waals surface area contributed by atoms with Crippen LogP contribution in [-0.2, 0) is 11.3 Å². The summed E-state index contributed by atoms with van der Waals surface area (Å²) in [6, 6.07) is 8.09. The van der Waals surface area contributed by atoms with E-state index < -0.39 is 0 Å². The van der Waals surface area contributed by atoms with Crippen molar-refractivity contribution in [2.75, 3.05) is 20.3 Å². The Morgan fingerprint density at radius 2 is 2.10 bits per heavy atom. The van der Waals surface area contributed by atoms with Crippen LogP contribution in [0.2, 0.25) is 5.02 Å². The monoisotopic (exact) mass is 293 g/mol. The summed E-state index contributed by atoms with van der Waals surface area (Å²) in [6.07, 6.45) is 0. The molecule has 20 heavy (non-hydrogen) atoms. The molecule has 0 aliphatic rings. The van der Waals surface area contributed by atoms with Crippen molar-refractivity contribution in [1.82, 2.24) is 15.1 Å². The van der Waals surface area contributed by atoms with Crippen molar-refractivity contribution in [2.45, 2.75) is 20.4 Å². The summed E-state index contributed by atoms with van der Waals surface area (Å²) in [5, 5.41) is 8.47. The molecule has 0 amide bonds. The number of hydrogen-bond donors (Lipinski definition) is 1. The minimum absolute atomic E-state index is 0.706. The Balaban J connectivity index is 2.12. The van der Waals surface area contributed by atoms with Gasteiger partial charge in [0.05, 0.1) is 23.0 Å². The van der Waals surface area contributed by atoms with Crippen molar-refractivity contribution in [3.63, 3.8) is 0 Å². The molecule has 0 saturated carbocycles. The Kier molecular flexibility index (Phi) is 5.17. The molecule has 0 spiro atoms. The molecule has 1 heterocycles. The molecule has 0 fully saturated rings. The highest BCUT2D eigenvalue weighted by molar-refractivity contribution is 6.32. The Labute approximate surface area is 124 Å². The van der Waals surface area contributed by atoms with E-state index in [2.05, 4.69) is 16.5 Å². The van der Waals surface area contributed by atoms with Crippen LogP contribution in [0.25, 0.3) is 5.69 Å². The second kappa shape index (κ2) is 6.88. The van der Waals surface area contributed by atoms with Crippen LogP contribution in [0, 0.1) is 13.8 Å². The molecule has 1 N–H and O–H groups in total. The molecule has 1 aromatic heterocycles. The van der Waals surface area contributed by atoms with E-state index in [1.807, 2.05) is 36.7 Å². The van der Waals surface area contributed by atoms with Crippen molar-refractivity contribution < 1.29 is 4.74 Å². The number of nitrogens with zero attached hydrogens (tertiary/aromatic N) is 2. The van der Waals surface area contributed by atoms with E-state index in [0.29, 0.717) is 11.6 Å². The first kappa shape index (κ1) is 15.0. The largest absolute Gasteiger partial charge is 0.383 e. The average Bonchev–Trinajstić information content (AvgIpc) is 2.74. The van der Waals surface area contributed by atoms with Gasteiger partial charge in [-0.05, 0) is 37.6 Å². The molecule has 0 saturated heterocycles. The number of benzene rings is 1. The number of aromatic nitrogens is 2. The van der Waals surface area contributed by atoms with Crippen LogP contribution < -0.4 is 5.32 Å². The van der Waals surface area contributed by atoms with E-state index in [-0.39, 0.29) is 0 Å². The lowest BCUT2D eigenvalue weighted by atomic mass is 10.2. The maximum absolute atomic E-state index is 6.37. The van der Waals surface area contributed by atoms with Gasteiger partial charge in [-0.2, -0.15) is 5.10 Å². The van der Waals surface area contributed by atoms with Crippen LogP contribution in [0.4, 0.5) is 0 Å². The summed E-state index contributed by atoms with van der Waals surface area (Å²) in [5.74, 6) is 0. The van der Waals surface area contributed by atoms with E-state index in [4.69, 9.17) is 16.3 Å². The summed E-state index contributed by atoms with van der Waals surface area (Å²) in [5.41, 5.74) is 4.13. The quantitative estimate of drug-likeness (QED) is 0.833. The lowest BCUT2D eigenvalue weighted by molar-refractivity contribution is 0.199. The Morgan fingerprint density at radius 3 is 2.70 bits per heavy atom. The fraction of sp³-hybridized carbons (Fsp3) is 0.400. The van der Waals surface area contributed by atoms with Gasteiger partial charge >= 0.3 is 0 Å². The van der Waals surface area contributed by atoms with Gasteiger partial charge in [-0.3, -0.25) is 0 Å².